The summed E-state index contributed by atoms with van der Waals surface area (Å²) in [7, 11) is 4.21. The zero-order valence-electron chi connectivity index (χ0n) is 9.89. The predicted molar refractivity (Wildman–Crippen MR) is 58.3 cm³/mol. The van der Waals surface area contributed by atoms with E-state index in [-0.39, 0.29) is 5.54 Å². The van der Waals surface area contributed by atoms with Crippen molar-refractivity contribution in [3.63, 3.8) is 0 Å². The Bertz CT molecular complexity index is 145. The van der Waals surface area contributed by atoms with E-state index in [1.54, 1.807) is 0 Å². The van der Waals surface area contributed by atoms with Crippen LogP contribution in [-0.4, -0.2) is 30.6 Å². The van der Waals surface area contributed by atoms with Crippen LogP contribution in [0.5, 0.6) is 0 Å². The molecule has 0 amide bonds. The Morgan fingerprint density at radius 3 is 1.92 bits per heavy atom. The highest BCUT2D eigenvalue weighted by Crippen LogP contribution is 2.25. The molecule has 3 nitrogen and oxygen atoms in total. The van der Waals surface area contributed by atoms with E-state index in [0.29, 0.717) is 12.0 Å². The lowest BCUT2D eigenvalue weighted by Gasteiger charge is -2.44. The van der Waals surface area contributed by atoms with E-state index in [9.17, 15) is 0 Å². The minimum atomic E-state index is 0.128. The van der Waals surface area contributed by atoms with Crippen LogP contribution < -0.4 is 11.3 Å². The fourth-order valence-corrected chi connectivity index (χ4v) is 1.90. The van der Waals surface area contributed by atoms with Gasteiger partial charge in [0.1, 0.15) is 0 Å². The second-order valence-electron chi connectivity index (χ2n) is 4.49. The van der Waals surface area contributed by atoms with E-state index >= 15 is 0 Å². The summed E-state index contributed by atoms with van der Waals surface area (Å²) in [5.74, 6) is 6.14. The van der Waals surface area contributed by atoms with Crippen molar-refractivity contribution in [2.45, 2.75) is 45.7 Å². The molecule has 0 saturated heterocycles. The number of nitrogens with one attached hydrogen (secondary N) is 1. The van der Waals surface area contributed by atoms with Crippen molar-refractivity contribution in [1.29, 1.82) is 0 Å². The van der Waals surface area contributed by atoms with E-state index in [4.69, 9.17) is 5.84 Å². The van der Waals surface area contributed by atoms with Crippen molar-refractivity contribution in [1.82, 2.24) is 10.3 Å². The Balaban J connectivity index is 4.69. The topological polar surface area (TPSA) is 41.3 Å². The molecule has 80 valence electrons. The van der Waals surface area contributed by atoms with Gasteiger partial charge < -0.3 is 4.90 Å². The van der Waals surface area contributed by atoms with Gasteiger partial charge in [-0.05, 0) is 33.4 Å². The molecule has 0 rings (SSSR count). The van der Waals surface area contributed by atoms with Gasteiger partial charge in [-0.25, -0.2) is 0 Å². The van der Waals surface area contributed by atoms with Crippen LogP contribution in [0.2, 0.25) is 0 Å². The minimum absolute atomic E-state index is 0.128. The van der Waals surface area contributed by atoms with Gasteiger partial charge in [0, 0.05) is 11.6 Å². The molecule has 0 aliphatic heterocycles. The average Bonchev–Trinajstić information content (AvgIpc) is 2.04. The highest BCUT2D eigenvalue weighted by atomic mass is 15.3. The SMILES string of the molecule is CCC(C)(C(NN)C(C)C)N(C)C. The highest BCUT2D eigenvalue weighted by molar-refractivity contribution is 4.94. The second-order valence-corrected chi connectivity index (χ2v) is 4.49. The maximum absolute atomic E-state index is 5.60. The first-order valence-electron chi connectivity index (χ1n) is 5.03. The fraction of sp³-hybridized carbons (Fsp3) is 1.00. The third-order valence-electron chi connectivity index (χ3n) is 3.25. The Morgan fingerprint density at radius 2 is 1.85 bits per heavy atom. The lowest BCUT2D eigenvalue weighted by Crippen LogP contribution is -2.60. The lowest BCUT2D eigenvalue weighted by molar-refractivity contribution is 0.0891. The molecule has 2 unspecified atom stereocenters. The van der Waals surface area contributed by atoms with Crippen LogP contribution in [0.3, 0.4) is 0 Å². The number of nitrogens with two attached hydrogens (primary N) is 1. The summed E-state index contributed by atoms with van der Waals surface area (Å²) in [6, 6.07) is 0.326. The van der Waals surface area contributed by atoms with Crippen LogP contribution >= 0.6 is 0 Å². The number of nitrogens with zero attached hydrogens (tertiary/aromatic N) is 1. The molecule has 0 aromatic carbocycles. The number of hydrogen-bond donors (Lipinski definition) is 2. The van der Waals surface area contributed by atoms with Crippen molar-refractivity contribution < 1.29 is 0 Å². The van der Waals surface area contributed by atoms with E-state index in [1.165, 1.54) is 0 Å². The summed E-state index contributed by atoms with van der Waals surface area (Å²) in [5, 5.41) is 0. The molecule has 0 heterocycles. The second kappa shape index (κ2) is 4.94. The smallest absolute Gasteiger partial charge is 0.0414 e. The Kier molecular flexibility index (Phi) is 4.89. The van der Waals surface area contributed by atoms with Gasteiger partial charge in [-0.15, -0.1) is 0 Å². The zero-order chi connectivity index (χ0) is 10.6. The van der Waals surface area contributed by atoms with Crippen LogP contribution in [0, 0.1) is 5.92 Å². The van der Waals surface area contributed by atoms with Gasteiger partial charge >= 0.3 is 0 Å². The summed E-state index contributed by atoms with van der Waals surface area (Å²) >= 11 is 0. The molecule has 0 saturated carbocycles. The Hall–Kier alpha value is -0.120. The molecular weight excluding hydrogens is 162 g/mol. The van der Waals surface area contributed by atoms with Crippen molar-refractivity contribution in [3.05, 3.63) is 0 Å². The molecule has 13 heavy (non-hydrogen) atoms. The van der Waals surface area contributed by atoms with Gasteiger partial charge in [0.15, 0.2) is 0 Å². The van der Waals surface area contributed by atoms with Crippen LogP contribution in [0.1, 0.15) is 34.1 Å². The van der Waals surface area contributed by atoms with E-state index in [0.717, 1.165) is 6.42 Å². The van der Waals surface area contributed by atoms with Gasteiger partial charge in [-0.3, -0.25) is 11.3 Å². The van der Waals surface area contributed by atoms with Crippen LogP contribution in [0.25, 0.3) is 0 Å². The molecule has 3 heteroatoms. The minimum Gasteiger partial charge on any atom is -0.302 e. The van der Waals surface area contributed by atoms with Crippen molar-refractivity contribution >= 4 is 0 Å². The largest absolute Gasteiger partial charge is 0.302 e. The first kappa shape index (κ1) is 12.9. The summed E-state index contributed by atoms with van der Waals surface area (Å²) in [4.78, 5) is 2.25. The molecule has 0 fully saturated rings. The van der Waals surface area contributed by atoms with E-state index in [2.05, 4.69) is 52.1 Å². The normalized spacial score (nSPS) is 19.2. The molecule has 0 aromatic heterocycles. The highest BCUT2D eigenvalue weighted by Gasteiger charge is 2.35. The van der Waals surface area contributed by atoms with Gasteiger partial charge in [0.05, 0.1) is 0 Å². The average molecular weight is 187 g/mol. The van der Waals surface area contributed by atoms with Gasteiger partial charge in [-0.2, -0.15) is 0 Å². The van der Waals surface area contributed by atoms with Crippen LogP contribution in [-0.2, 0) is 0 Å². The summed E-state index contributed by atoms with van der Waals surface area (Å²) in [6.07, 6.45) is 1.09. The maximum atomic E-state index is 5.60. The Morgan fingerprint density at radius 1 is 1.38 bits per heavy atom. The summed E-state index contributed by atoms with van der Waals surface area (Å²) < 4.78 is 0. The maximum Gasteiger partial charge on any atom is 0.0414 e. The van der Waals surface area contributed by atoms with E-state index in [1.807, 2.05) is 0 Å². The number of hydrazine groups is 1. The van der Waals surface area contributed by atoms with Gasteiger partial charge in [0.2, 0.25) is 0 Å². The molecule has 3 N–H and O–H groups in total. The monoisotopic (exact) mass is 187 g/mol. The number of likely N-dealkylation sites (N-methyl/N-ethyl adjacent to an activating group) is 1. The zero-order valence-corrected chi connectivity index (χ0v) is 9.89. The number of rotatable bonds is 5. The lowest BCUT2D eigenvalue weighted by atomic mass is 9.82. The molecule has 2 atom stereocenters. The molecule has 0 aliphatic carbocycles. The quantitative estimate of drug-likeness (QED) is 0.502. The molecule has 0 aromatic rings. The molecule has 0 radical (unpaired) electrons. The third-order valence-corrected chi connectivity index (χ3v) is 3.25. The standard InChI is InChI=1S/C10H25N3/c1-7-10(4,13(5)6)9(12-11)8(2)3/h8-9,12H,7,11H2,1-6H3. The molecule has 0 bridgehead atoms. The van der Waals surface area contributed by atoms with E-state index < -0.39 is 0 Å². The fourth-order valence-electron chi connectivity index (χ4n) is 1.90. The molecular formula is C10H25N3. The first-order valence-corrected chi connectivity index (χ1v) is 5.03. The van der Waals surface area contributed by atoms with Crippen molar-refractivity contribution in [2.24, 2.45) is 11.8 Å². The third kappa shape index (κ3) is 2.66. The first-order chi connectivity index (χ1) is 5.90. The summed E-state index contributed by atoms with van der Waals surface area (Å²) in [6.45, 7) is 8.84. The molecule has 0 spiro atoms. The summed E-state index contributed by atoms with van der Waals surface area (Å²) in [5.41, 5.74) is 3.06. The van der Waals surface area contributed by atoms with Gasteiger partial charge in [-0.1, -0.05) is 20.8 Å². The van der Waals surface area contributed by atoms with Crippen LogP contribution in [0.4, 0.5) is 0 Å². The van der Waals surface area contributed by atoms with Crippen molar-refractivity contribution in [3.8, 4) is 0 Å². The Labute approximate surface area is 82.6 Å². The number of hydrogen-bond acceptors (Lipinski definition) is 3. The molecule has 0 aliphatic rings. The predicted octanol–water partition coefficient (Wildman–Crippen LogP) is 1.20. The van der Waals surface area contributed by atoms with Crippen LogP contribution in [0.15, 0.2) is 0 Å². The van der Waals surface area contributed by atoms with Gasteiger partial charge in [0.25, 0.3) is 0 Å². The van der Waals surface area contributed by atoms with Crippen molar-refractivity contribution in [2.75, 3.05) is 14.1 Å².